The number of aromatic amines is 1. The first-order valence-corrected chi connectivity index (χ1v) is 12.3. The molecule has 4 aromatic rings. The van der Waals surface area contributed by atoms with Gasteiger partial charge in [0.1, 0.15) is 6.61 Å². The Morgan fingerprint density at radius 2 is 1.86 bits per heavy atom. The van der Waals surface area contributed by atoms with Crippen LogP contribution in [-0.4, -0.2) is 41.8 Å². The average molecular weight is 564 g/mol. The third-order valence-electron chi connectivity index (χ3n) is 5.75. The summed E-state index contributed by atoms with van der Waals surface area (Å²) in [6.07, 6.45) is 5.24. The van der Waals surface area contributed by atoms with E-state index in [1.54, 1.807) is 35.8 Å². The average Bonchev–Trinajstić information content (AvgIpc) is 3.33. The van der Waals surface area contributed by atoms with Crippen LogP contribution in [0.3, 0.4) is 0 Å². The standard InChI is InChI=1S/C28H26BrN3O5/c1-36-26-14-18(7-13-27(33)32-35)6-12-25(26)37-17-22(31-28(34)19-8-10-21(29)11-9-19)15-20-16-30-24-5-3-2-4-23(20)24/h2-14,16,22,30,35H,15,17H2,1H3,(H,31,34)(H,32,33)/b13-7+/t22-/m0/s1. The number of hydrogen-bond acceptors (Lipinski definition) is 5. The van der Waals surface area contributed by atoms with Crippen molar-refractivity contribution < 1.29 is 24.3 Å². The van der Waals surface area contributed by atoms with E-state index in [4.69, 9.17) is 14.7 Å². The van der Waals surface area contributed by atoms with Crippen LogP contribution in [0.1, 0.15) is 21.5 Å². The fourth-order valence-electron chi connectivity index (χ4n) is 3.89. The highest BCUT2D eigenvalue weighted by atomic mass is 79.9. The van der Waals surface area contributed by atoms with Crippen molar-refractivity contribution in [2.45, 2.75) is 12.5 Å². The minimum Gasteiger partial charge on any atom is -0.493 e. The predicted octanol–water partition coefficient (Wildman–Crippen LogP) is 4.88. The van der Waals surface area contributed by atoms with Gasteiger partial charge >= 0.3 is 0 Å². The van der Waals surface area contributed by atoms with E-state index in [2.05, 4.69) is 26.2 Å². The molecule has 0 spiro atoms. The first kappa shape index (κ1) is 26.0. The van der Waals surface area contributed by atoms with Crippen LogP contribution in [0.5, 0.6) is 11.5 Å². The van der Waals surface area contributed by atoms with Crippen molar-refractivity contribution in [2.75, 3.05) is 13.7 Å². The monoisotopic (exact) mass is 563 g/mol. The number of carbonyl (C=O) groups is 2. The van der Waals surface area contributed by atoms with Crippen molar-refractivity contribution in [1.82, 2.24) is 15.8 Å². The smallest absolute Gasteiger partial charge is 0.267 e. The quantitative estimate of drug-likeness (QED) is 0.125. The highest BCUT2D eigenvalue weighted by Gasteiger charge is 2.18. The molecule has 8 nitrogen and oxygen atoms in total. The molecule has 9 heteroatoms. The largest absolute Gasteiger partial charge is 0.493 e. The molecule has 190 valence electrons. The molecular formula is C28H26BrN3O5. The van der Waals surface area contributed by atoms with Crippen molar-refractivity contribution in [1.29, 1.82) is 0 Å². The zero-order chi connectivity index (χ0) is 26.2. The van der Waals surface area contributed by atoms with E-state index in [9.17, 15) is 9.59 Å². The Morgan fingerprint density at radius 3 is 2.62 bits per heavy atom. The molecule has 0 aliphatic rings. The lowest BCUT2D eigenvalue weighted by Gasteiger charge is -2.20. The first-order chi connectivity index (χ1) is 18.0. The van der Waals surface area contributed by atoms with E-state index in [0.717, 1.165) is 20.9 Å². The number of H-pyrrole nitrogens is 1. The van der Waals surface area contributed by atoms with E-state index >= 15 is 0 Å². The Bertz CT molecular complexity index is 1420. The molecule has 37 heavy (non-hydrogen) atoms. The Hall–Kier alpha value is -4.08. The summed E-state index contributed by atoms with van der Waals surface area (Å²) in [5.74, 6) is 0.126. The van der Waals surface area contributed by atoms with Gasteiger partial charge in [0.05, 0.1) is 13.2 Å². The van der Waals surface area contributed by atoms with Crippen molar-refractivity contribution in [3.8, 4) is 11.5 Å². The van der Waals surface area contributed by atoms with Crippen LogP contribution in [0.15, 0.2) is 83.5 Å². The number of ether oxygens (including phenoxy) is 2. The number of amides is 2. The maximum Gasteiger partial charge on any atom is 0.267 e. The van der Waals surface area contributed by atoms with Gasteiger partial charge in [-0.2, -0.15) is 0 Å². The molecule has 1 aromatic heterocycles. The van der Waals surface area contributed by atoms with Crippen LogP contribution in [0.25, 0.3) is 17.0 Å². The number of carbonyl (C=O) groups excluding carboxylic acids is 2. The van der Waals surface area contributed by atoms with Gasteiger partial charge in [-0.3, -0.25) is 14.8 Å². The zero-order valence-electron chi connectivity index (χ0n) is 20.0. The second-order valence-corrected chi connectivity index (χ2v) is 9.19. The molecular weight excluding hydrogens is 538 g/mol. The summed E-state index contributed by atoms with van der Waals surface area (Å²) in [5.41, 5.74) is 4.87. The van der Waals surface area contributed by atoms with E-state index in [1.807, 2.05) is 42.6 Å². The van der Waals surface area contributed by atoms with Gasteiger partial charge in [-0.1, -0.05) is 40.2 Å². The second kappa shape index (κ2) is 12.2. The van der Waals surface area contributed by atoms with Crippen LogP contribution in [0.4, 0.5) is 0 Å². The maximum atomic E-state index is 13.0. The molecule has 4 rings (SSSR count). The van der Waals surface area contributed by atoms with Gasteiger partial charge in [0.25, 0.3) is 11.8 Å². The van der Waals surface area contributed by atoms with Crippen LogP contribution in [0, 0.1) is 0 Å². The first-order valence-electron chi connectivity index (χ1n) is 11.5. The Balaban J connectivity index is 1.53. The Labute approximate surface area is 222 Å². The number of fused-ring (bicyclic) bond motifs is 1. The summed E-state index contributed by atoms with van der Waals surface area (Å²) in [6, 6.07) is 20.0. The fraction of sp³-hybridized carbons (Fsp3) is 0.143. The zero-order valence-corrected chi connectivity index (χ0v) is 21.6. The highest BCUT2D eigenvalue weighted by molar-refractivity contribution is 9.10. The van der Waals surface area contributed by atoms with Gasteiger partial charge in [0.2, 0.25) is 0 Å². The molecule has 1 heterocycles. The Morgan fingerprint density at radius 1 is 1.08 bits per heavy atom. The number of hydroxylamine groups is 1. The lowest BCUT2D eigenvalue weighted by molar-refractivity contribution is -0.124. The van der Waals surface area contributed by atoms with E-state index in [0.29, 0.717) is 29.0 Å². The summed E-state index contributed by atoms with van der Waals surface area (Å²) < 4.78 is 12.5. The number of benzene rings is 3. The second-order valence-electron chi connectivity index (χ2n) is 8.27. The van der Waals surface area contributed by atoms with Crippen molar-refractivity contribution in [2.24, 2.45) is 0 Å². The number of nitrogens with one attached hydrogen (secondary N) is 3. The van der Waals surface area contributed by atoms with Gasteiger partial charge in [-0.05, 0) is 66.1 Å². The van der Waals surface area contributed by atoms with Gasteiger partial charge in [0.15, 0.2) is 11.5 Å². The van der Waals surface area contributed by atoms with Crippen molar-refractivity contribution in [3.63, 3.8) is 0 Å². The molecule has 0 saturated carbocycles. The van der Waals surface area contributed by atoms with Crippen LogP contribution >= 0.6 is 15.9 Å². The summed E-state index contributed by atoms with van der Waals surface area (Å²) in [6.45, 7) is 0.195. The molecule has 0 fully saturated rings. The van der Waals surface area contributed by atoms with Crippen LogP contribution in [0.2, 0.25) is 0 Å². The topological polar surface area (TPSA) is 113 Å². The summed E-state index contributed by atoms with van der Waals surface area (Å²) in [7, 11) is 1.52. The molecule has 4 N–H and O–H groups in total. The SMILES string of the molecule is COc1cc(/C=C/C(=O)NO)ccc1OC[C@H](Cc1c[nH]c2ccccc12)NC(=O)c1ccc(Br)cc1. The molecule has 0 saturated heterocycles. The summed E-state index contributed by atoms with van der Waals surface area (Å²) in [5, 5.41) is 12.8. The lowest BCUT2D eigenvalue weighted by Crippen LogP contribution is -2.40. The number of methoxy groups -OCH3 is 1. The fourth-order valence-corrected chi connectivity index (χ4v) is 4.16. The van der Waals surface area contributed by atoms with Crippen molar-refractivity contribution in [3.05, 3.63) is 100 Å². The number of rotatable bonds is 10. The van der Waals surface area contributed by atoms with Gasteiger partial charge in [-0.25, -0.2) is 5.48 Å². The molecule has 0 aliphatic carbocycles. The Kier molecular flexibility index (Phi) is 8.60. The van der Waals surface area contributed by atoms with Crippen molar-refractivity contribution >= 4 is 44.7 Å². The van der Waals surface area contributed by atoms with Crippen LogP contribution in [-0.2, 0) is 11.2 Å². The van der Waals surface area contributed by atoms with E-state index in [1.165, 1.54) is 19.3 Å². The lowest BCUT2D eigenvalue weighted by atomic mass is 10.0. The normalized spacial score (nSPS) is 11.9. The predicted molar refractivity (Wildman–Crippen MR) is 145 cm³/mol. The van der Waals surface area contributed by atoms with Gasteiger partial charge in [-0.15, -0.1) is 0 Å². The van der Waals surface area contributed by atoms with Gasteiger partial charge < -0.3 is 19.8 Å². The molecule has 0 unspecified atom stereocenters. The summed E-state index contributed by atoms with van der Waals surface area (Å²) >= 11 is 3.40. The molecule has 0 aliphatic heterocycles. The number of halogens is 1. The third-order valence-corrected chi connectivity index (χ3v) is 6.28. The van der Waals surface area contributed by atoms with Gasteiger partial charge in [0, 0.05) is 33.2 Å². The van der Waals surface area contributed by atoms with E-state index in [-0.39, 0.29) is 18.6 Å². The number of hydrogen-bond donors (Lipinski definition) is 4. The molecule has 3 aromatic carbocycles. The number of para-hydroxylation sites is 1. The number of aromatic nitrogens is 1. The summed E-state index contributed by atoms with van der Waals surface area (Å²) in [4.78, 5) is 27.6. The maximum absolute atomic E-state index is 13.0. The van der Waals surface area contributed by atoms with E-state index < -0.39 is 5.91 Å². The molecule has 1 atom stereocenters. The third kappa shape index (κ3) is 6.78. The minimum absolute atomic E-state index is 0.195. The molecule has 0 radical (unpaired) electrons. The minimum atomic E-state index is -0.638. The highest BCUT2D eigenvalue weighted by Crippen LogP contribution is 2.29. The molecule has 2 amide bonds. The van der Waals surface area contributed by atoms with Crippen LogP contribution < -0.4 is 20.3 Å². The molecule has 0 bridgehead atoms.